The smallest absolute Gasteiger partial charge is 0.129 e. The highest BCUT2D eigenvalue weighted by molar-refractivity contribution is 5.93. The van der Waals surface area contributed by atoms with Crippen molar-refractivity contribution in [3.05, 3.63) is 52.6 Å². The first-order valence-electron chi connectivity index (χ1n) is 10.6. The summed E-state index contributed by atoms with van der Waals surface area (Å²) in [5.74, 6) is 0.728. The Bertz CT molecular complexity index is 789. The average Bonchev–Trinajstić information content (AvgIpc) is 3.11. The van der Waals surface area contributed by atoms with Gasteiger partial charge < -0.3 is 9.72 Å². The number of ether oxygens (including phenoxy) is 1. The summed E-state index contributed by atoms with van der Waals surface area (Å²) in [6, 6.07) is 4.10. The van der Waals surface area contributed by atoms with Crippen LogP contribution >= 0.6 is 0 Å². The first kappa shape index (κ1) is 28.4. The number of rotatable bonds is 5. The molecule has 0 saturated heterocycles. The Balaban J connectivity index is 0. The summed E-state index contributed by atoms with van der Waals surface area (Å²) in [6.07, 6.45) is 9.17. The highest BCUT2D eigenvalue weighted by Crippen LogP contribution is 2.28. The van der Waals surface area contributed by atoms with Gasteiger partial charge >= 0.3 is 0 Å². The van der Waals surface area contributed by atoms with E-state index in [0.717, 1.165) is 28.1 Å². The predicted molar refractivity (Wildman–Crippen MR) is 128 cm³/mol. The lowest BCUT2D eigenvalue weighted by Crippen LogP contribution is -1.94. The minimum atomic E-state index is 0.568. The molecule has 0 aromatic carbocycles. The summed E-state index contributed by atoms with van der Waals surface area (Å²) >= 11 is 0. The quantitative estimate of drug-likeness (QED) is 0.526. The number of nitrogens with one attached hydrogen (secondary N) is 1. The molecule has 0 unspecified atom stereocenters. The number of hydrogen-bond acceptors (Lipinski definition) is 3. The van der Waals surface area contributed by atoms with Crippen LogP contribution < -0.4 is 4.74 Å². The second kappa shape index (κ2) is 17.3. The van der Waals surface area contributed by atoms with E-state index in [1.54, 1.807) is 12.4 Å². The van der Waals surface area contributed by atoms with Crippen molar-refractivity contribution in [2.45, 2.75) is 69.2 Å². The summed E-state index contributed by atoms with van der Waals surface area (Å²) in [5, 5.41) is 9.62. The highest BCUT2D eigenvalue weighted by Gasteiger charge is 2.12. The number of hydrogen-bond donors (Lipinski definition) is 1. The monoisotopic (exact) mass is 397 g/mol. The normalized spacial score (nSPS) is 9.34. The van der Waals surface area contributed by atoms with Crippen molar-refractivity contribution in [1.29, 1.82) is 5.26 Å². The Morgan fingerprint density at radius 1 is 1.14 bits per heavy atom. The van der Waals surface area contributed by atoms with Crippen molar-refractivity contribution >= 4 is 17.7 Å². The molecule has 0 aliphatic carbocycles. The van der Waals surface area contributed by atoms with Gasteiger partial charge in [-0.1, -0.05) is 53.2 Å². The van der Waals surface area contributed by atoms with Gasteiger partial charge in [-0.3, -0.25) is 4.98 Å². The zero-order chi connectivity index (χ0) is 22.8. The number of aryl methyl sites for hydroxylation is 1. The molecule has 0 fully saturated rings. The number of H-pyrrole nitrogens is 1. The summed E-state index contributed by atoms with van der Waals surface area (Å²) in [4.78, 5) is 7.33. The van der Waals surface area contributed by atoms with Crippen LogP contribution in [0, 0.1) is 18.3 Å². The fraction of sp³-hybridized carbons (Fsp3) is 0.440. The standard InChI is InChI=1S/C19H21N3O.3C2H6/c1-5-23-19-6-7-21-11-16(19)9-15(10-20)18-12-22-14(4)17(18)8-13(2)3;3*1-2/h6-9,11-12,22H,5H2,1-4H3;3*1-2H3/b15-9+;;;. The zero-order valence-corrected chi connectivity index (χ0v) is 20.0. The second-order valence-corrected chi connectivity index (χ2v) is 5.48. The molecule has 0 bridgehead atoms. The Morgan fingerprint density at radius 3 is 2.28 bits per heavy atom. The molecule has 1 N–H and O–H groups in total. The Hall–Kier alpha value is -2.80. The molecule has 29 heavy (non-hydrogen) atoms. The molecular weight excluding hydrogens is 358 g/mol. The third-order valence-electron chi connectivity index (χ3n) is 3.38. The molecule has 0 atom stereocenters. The molecule has 0 aliphatic heterocycles. The molecule has 0 aliphatic rings. The summed E-state index contributed by atoms with van der Waals surface area (Å²) in [5.41, 5.74) is 5.53. The van der Waals surface area contributed by atoms with Crippen molar-refractivity contribution < 1.29 is 4.74 Å². The minimum absolute atomic E-state index is 0.568. The van der Waals surface area contributed by atoms with Gasteiger partial charge in [0.25, 0.3) is 0 Å². The van der Waals surface area contributed by atoms with E-state index < -0.39 is 0 Å². The van der Waals surface area contributed by atoms with E-state index in [2.05, 4.69) is 22.1 Å². The maximum absolute atomic E-state index is 9.62. The van der Waals surface area contributed by atoms with Gasteiger partial charge in [-0.25, -0.2) is 0 Å². The Kier molecular flexibility index (Phi) is 17.0. The van der Waals surface area contributed by atoms with Gasteiger partial charge in [-0.15, -0.1) is 0 Å². The number of pyridine rings is 1. The summed E-state index contributed by atoms with van der Waals surface area (Å²) < 4.78 is 5.60. The van der Waals surface area contributed by atoms with Gasteiger partial charge in [0.1, 0.15) is 5.75 Å². The van der Waals surface area contributed by atoms with Crippen molar-refractivity contribution in [2.24, 2.45) is 0 Å². The van der Waals surface area contributed by atoms with Gasteiger partial charge in [-0.05, 0) is 39.8 Å². The van der Waals surface area contributed by atoms with Crippen molar-refractivity contribution in [3.8, 4) is 11.8 Å². The fourth-order valence-electron chi connectivity index (χ4n) is 2.35. The Morgan fingerprint density at radius 2 is 1.76 bits per heavy atom. The van der Waals surface area contributed by atoms with Crippen molar-refractivity contribution in [3.63, 3.8) is 0 Å². The fourth-order valence-corrected chi connectivity index (χ4v) is 2.35. The van der Waals surface area contributed by atoms with E-state index in [4.69, 9.17) is 4.74 Å². The van der Waals surface area contributed by atoms with E-state index in [1.807, 2.05) is 87.6 Å². The van der Waals surface area contributed by atoms with Crippen LogP contribution in [0.3, 0.4) is 0 Å². The van der Waals surface area contributed by atoms with Crippen LogP contribution in [0.1, 0.15) is 84.7 Å². The summed E-state index contributed by atoms with van der Waals surface area (Å²) in [6.45, 7) is 20.6. The number of aromatic amines is 1. The van der Waals surface area contributed by atoms with E-state index in [9.17, 15) is 5.26 Å². The van der Waals surface area contributed by atoms with Crippen LogP contribution in [0.5, 0.6) is 5.75 Å². The van der Waals surface area contributed by atoms with Gasteiger partial charge in [0.2, 0.25) is 0 Å². The van der Waals surface area contributed by atoms with E-state index in [0.29, 0.717) is 12.2 Å². The van der Waals surface area contributed by atoms with Crippen LogP contribution in [-0.2, 0) is 0 Å². The molecule has 2 rings (SSSR count). The van der Waals surface area contributed by atoms with Gasteiger partial charge in [0.15, 0.2) is 0 Å². The molecule has 0 spiro atoms. The minimum Gasteiger partial charge on any atom is -0.493 e. The maximum atomic E-state index is 9.62. The lowest BCUT2D eigenvalue weighted by atomic mass is 10.0. The molecule has 0 radical (unpaired) electrons. The number of allylic oxidation sites excluding steroid dienone is 2. The first-order chi connectivity index (χ1) is 14.1. The van der Waals surface area contributed by atoms with Gasteiger partial charge in [-0.2, -0.15) is 5.26 Å². The van der Waals surface area contributed by atoms with Gasteiger partial charge in [0, 0.05) is 41.0 Å². The largest absolute Gasteiger partial charge is 0.493 e. The van der Waals surface area contributed by atoms with Crippen molar-refractivity contribution in [1.82, 2.24) is 9.97 Å². The van der Waals surface area contributed by atoms with Crippen LogP contribution in [-0.4, -0.2) is 16.6 Å². The zero-order valence-electron chi connectivity index (χ0n) is 20.0. The third kappa shape index (κ3) is 9.30. The molecule has 2 aromatic rings. The number of aromatic nitrogens is 2. The molecule has 0 saturated carbocycles. The van der Waals surface area contributed by atoms with Crippen molar-refractivity contribution in [2.75, 3.05) is 6.61 Å². The van der Waals surface area contributed by atoms with Crippen LogP contribution in [0.2, 0.25) is 0 Å². The number of nitrogens with zero attached hydrogens (tertiary/aromatic N) is 2. The molecule has 4 nitrogen and oxygen atoms in total. The second-order valence-electron chi connectivity index (χ2n) is 5.48. The average molecular weight is 398 g/mol. The molecule has 160 valence electrons. The lowest BCUT2D eigenvalue weighted by molar-refractivity contribution is 0.339. The molecule has 2 heterocycles. The van der Waals surface area contributed by atoms with E-state index in [-0.39, 0.29) is 0 Å². The molecule has 0 amide bonds. The third-order valence-corrected chi connectivity index (χ3v) is 3.38. The topological polar surface area (TPSA) is 61.7 Å². The summed E-state index contributed by atoms with van der Waals surface area (Å²) in [7, 11) is 0. The van der Waals surface area contributed by atoms with E-state index in [1.165, 1.54) is 5.57 Å². The Labute approximate surface area is 178 Å². The van der Waals surface area contributed by atoms with Crippen LogP contribution in [0.25, 0.3) is 17.7 Å². The van der Waals surface area contributed by atoms with Crippen LogP contribution in [0.4, 0.5) is 0 Å². The first-order valence-corrected chi connectivity index (χ1v) is 10.6. The maximum Gasteiger partial charge on any atom is 0.129 e. The predicted octanol–water partition coefficient (Wildman–Crippen LogP) is 7.68. The molecule has 2 aromatic heterocycles. The molecule has 4 heteroatoms. The van der Waals surface area contributed by atoms with Gasteiger partial charge in [0.05, 0.1) is 18.2 Å². The van der Waals surface area contributed by atoms with E-state index >= 15 is 0 Å². The number of nitriles is 1. The SMILES string of the molecule is CC.CC.CC.CCOc1ccncc1/C=C(\C#N)c1c[nH]c(C)c1C=C(C)C. The molecular formula is C25H39N3O. The lowest BCUT2D eigenvalue weighted by Gasteiger charge is -2.07. The van der Waals surface area contributed by atoms with Crippen LogP contribution in [0.15, 0.2) is 30.2 Å². The highest BCUT2D eigenvalue weighted by atomic mass is 16.5.